The highest BCUT2D eigenvalue weighted by Gasteiger charge is 2.47. The maximum absolute atomic E-state index is 13.5. The van der Waals surface area contributed by atoms with Crippen molar-refractivity contribution < 1.29 is 14.7 Å². The van der Waals surface area contributed by atoms with Gasteiger partial charge in [-0.3, -0.25) is 4.79 Å². The number of benzene rings is 1. The molecule has 0 atom stereocenters. The number of H-pyrrole nitrogens is 1. The zero-order valence-electron chi connectivity index (χ0n) is 21.4. The lowest BCUT2D eigenvalue weighted by Crippen LogP contribution is -2.45. The van der Waals surface area contributed by atoms with E-state index in [-0.39, 0.29) is 11.5 Å². The van der Waals surface area contributed by atoms with Gasteiger partial charge in [-0.05, 0) is 112 Å². The van der Waals surface area contributed by atoms with Crippen LogP contribution < -0.4 is 5.32 Å². The molecule has 7 rings (SSSR count). The number of carboxylic acids is 1. The molecule has 5 saturated carbocycles. The third-order valence-corrected chi connectivity index (χ3v) is 9.88. The number of carboxylic acid groups (broad SMARTS) is 1. The van der Waals surface area contributed by atoms with Crippen LogP contribution in [-0.2, 0) is 6.42 Å². The number of nitrogens with zero attached hydrogens (tertiary/aromatic N) is 1. The quantitative estimate of drug-likeness (QED) is 0.402. The first-order valence-electron chi connectivity index (χ1n) is 14.2. The van der Waals surface area contributed by atoms with Crippen molar-refractivity contribution in [1.82, 2.24) is 9.97 Å². The Morgan fingerprint density at radius 1 is 1.03 bits per heavy atom. The minimum Gasteiger partial charge on any atom is -0.478 e. The molecule has 1 aromatic heterocycles. The van der Waals surface area contributed by atoms with E-state index in [4.69, 9.17) is 4.98 Å². The molecule has 0 radical (unpaired) electrons. The van der Waals surface area contributed by atoms with E-state index in [1.54, 1.807) is 25.1 Å². The Kier molecular flexibility index (Phi) is 6.38. The lowest BCUT2D eigenvalue weighted by Gasteiger charge is -2.54. The average molecular weight is 490 g/mol. The van der Waals surface area contributed by atoms with E-state index < -0.39 is 5.97 Å². The molecular formula is C30H39N3O3. The second-order valence-electron chi connectivity index (χ2n) is 12.2. The molecule has 0 spiro atoms. The molecular weight excluding hydrogens is 450 g/mol. The summed E-state index contributed by atoms with van der Waals surface area (Å²) in [6.07, 6.45) is 15.1. The van der Waals surface area contributed by atoms with Gasteiger partial charge < -0.3 is 15.4 Å². The summed E-state index contributed by atoms with van der Waals surface area (Å²) < 4.78 is 0. The van der Waals surface area contributed by atoms with Gasteiger partial charge >= 0.3 is 5.97 Å². The van der Waals surface area contributed by atoms with Crippen molar-refractivity contribution in [3.63, 3.8) is 0 Å². The molecule has 5 aliphatic carbocycles. The number of aryl methyl sites for hydroxylation is 2. The van der Waals surface area contributed by atoms with Gasteiger partial charge in [0.2, 0.25) is 0 Å². The first-order chi connectivity index (χ1) is 17.4. The highest BCUT2D eigenvalue weighted by Crippen LogP contribution is 2.57. The van der Waals surface area contributed by atoms with Crippen LogP contribution in [0.3, 0.4) is 0 Å². The summed E-state index contributed by atoms with van der Waals surface area (Å²) in [6.45, 7) is 1.77. The van der Waals surface area contributed by atoms with Gasteiger partial charge in [0.05, 0.1) is 5.56 Å². The van der Waals surface area contributed by atoms with Gasteiger partial charge in [0.25, 0.3) is 5.91 Å². The maximum Gasteiger partial charge on any atom is 0.336 e. The van der Waals surface area contributed by atoms with E-state index >= 15 is 0 Å². The molecule has 6 nitrogen and oxygen atoms in total. The van der Waals surface area contributed by atoms with Crippen molar-refractivity contribution in [3.8, 4) is 0 Å². The van der Waals surface area contributed by atoms with Gasteiger partial charge in [0.15, 0.2) is 0 Å². The molecule has 0 unspecified atom stereocenters. The number of anilines is 1. The third-order valence-electron chi connectivity index (χ3n) is 9.88. The van der Waals surface area contributed by atoms with Crippen LogP contribution in [0, 0.1) is 36.5 Å². The van der Waals surface area contributed by atoms with E-state index in [0.29, 0.717) is 22.9 Å². The largest absolute Gasteiger partial charge is 0.478 e. The first-order valence-corrected chi connectivity index (χ1v) is 14.2. The number of imidazole rings is 1. The lowest BCUT2D eigenvalue weighted by molar-refractivity contribution is -0.0395. The molecule has 6 heteroatoms. The van der Waals surface area contributed by atoms with Gasteiger partial charge in [-0.15, -0.1) is 0 Å². The van der Waals surface area contributed by atoms with Crippen molar-refractivity contribution in [2.24, 2.45) is 29.6 Å². The van der Waals surface area contributed by atoms with Crippen molar-refractivity contribution >= 4 is 17.6 Å². The summed E-state index contributed by atoms with van der Waals surface area (Å²) in [6, 6.07) is 5.05. The van der Waals surface area contributed by atoms with Crippen LogP contribution in [0.2, 0.25) is 0 Å². The molecule has 4 bridgehead atoms. The Morgan fingerprint density at radius 3 is 2.39 bits per heavy atom. The normalized spacial score (nSPS) is 29.4. The van der Waals surface area contributed by atoms with Crippen LogP contribution in [0.15, 0.2) is 18.2 Å². The van der Waals surface area contributed by atoms with Gasteiger partial charge in [-0.1, -0.05) is 25.3 Å². The Balaban J connectivity index is 1.22. The van der Waals surface area contributed by atoms with Crippen molar-refractivity contribution in [2.75, 3.05) is 5.32 Å². The Bertz CT molecular complexity index is 1120. The number of carbonyl (C=O) groups is 2. The Hall–Kier alpha value is -2.63. The van der Waals surface area contributed by atoms with Gasteiger partial charge in [-0.2, -0.15) is 0 Å². The predicted molar refractivity (Wildman–Crippen MR) is 139 cm³/mol. The number of rotatable bonds is 7. The predicted octanol–water partition coefficient (Wildman–Crippen LogP) is 6.72. The molecule has 0 aliphatic heterocycles. The first kappa shape index (κ1) is 23.7. The van der Waals surface area contributed by atoms with Crippen LogP contribution in [-0.4, -0.2) is 27.0 Å². The summed E-state index contributed by atoms with van der Waals surface area (Å²) in [4.78, 5) is 33.5. The molecule has 1 amide bonds. The van der Waals surface area contributed by atoms with Crippen molar-refractivity contribution in [2.45, 2.75) is 89.9 Å². The highest BCUT2D eigenvalue weighted by atomic mass is 16.4. The molecule has 192 valence electrons. The van der Waals surface area contributed by atoms with E-state index in [1.807, 2.05) is 0 Å². The van der Waals surface area contributed by atoms with Crippen LogP contribution in [0.4, 0.5) is 5.69 Å². The number of carbonyl (C=O) groups excluding carboxylic acids is 1. The average Bonchev–Trinajstić information content (AvgIpc) is 3.29. The second kappa shape index (κ2) is 9.68. The fraction of sp³-hybridized carbons (Fsp3) is 0.633. The lowest BCUT2D eigenvalue weighted by atomic mass is 9.51. The van der Waals surface area contributed by atoms with Crippen molar-refractivity contribution in [1.29, 1.82) is 0 Å². The van der Waals surface area contributed by atoms with Crippen molar-refractivity contribution in [3.05, 3.63) is 46.5 Å². The molecule has 2 aromatic rings. The fourth-order valence-corrected chi connectivity index (χ4v) is 8.31. The SMILES string of the molecule is Cc1ccc(NC(=O)c2nc(C3CCCCC3)[nH]c2CCC2C3CC4CC(C3)CC2C4)cc1C(=O)O. The topological polar surface area (TPSA) is 95.1 Å². The molecule has 3 N–H and O–H groups in total. The number of hydrogen-bond acceptors (Lipinski definition) is 3. The standard InChI is InChI=1S/C30H39N3O3/c1-17-7-8-23(16-25(17)30(35)36)31-29(34)27-26(32-28(33-27)20-5-3-2-4-6-20)10-9-24-21-12-18-11-19(14-21)15-22(24)13-18/h7-8,16,18-22,24H,2-6,9-15H2,1H3,(H,31,34)(H,32,33)(H,35,36). The van der Waals surface area contributed by atoms with E-state index in [1.165, 1.54) is 51.4 Å². The molecule has 5 fully saturated rings. The van der Waals surface area contributed by atoms with Crippen LogP contribution >= 0.6 is 0 Å². The fourth-order valence-electron chi connectivity index (χ4n) is 8.31. The zero-order valence-corrected chi connectivity index (χ0v) is 21.4. The van der Waals surface area contributed by atoms with E-state index in [0.717, 1.165) is 66.8 Å². The third kappa shape index (κ3) is 4.59. The number of nitrogens with one attached hydrogen (secondary N) is 2. The second-order valence-corrected chi connectivity index (χ2v) is 12.2. The smallest absolute Gasteiger partial charge is 0.336 e. The number of aromatic carboxylic acids is 1. The number of amides is 1. The molecule has 5 aliphatic rings. The summed E-state index contributed by atoms with van der Waals surface area (Å²) in [7, 11) is 0. The van der Waals surface area contributed by atoms with Gasteiger partial charge in [0.1, 0.15) is 11.5 Å². The Morgan fingerprint density at radius 2 is 1.72 bits per heavy atom. The van der Waals surface area contributed by atoms with Crippen LogP contribution in [0.1, 0.15) is 114 Å². The van der Waals surface area contributed by atoms with E-state index in [2.05, 4.69) is 10.3 Å². The molecule has 1 heterocycles. The minimum absolute atomic E-state index is 0.208. The van der Waals surface area contributed by atoms with Gasteiger partial charge in [-0.25, -0.2) is 9.78 Å². The molecule has 1 aromatic carbocycles. The summed E-state index contributed by atoms with van der Waals surface area (Å²) in [5, 5.41) is 12.4. The van der Waals surface area contributed by atoms with Crippen LogP contribution in [0.5, 0.6) is 0 Å². The number of aromatic nitrogens is 2. The van der Waals surface area contributed by atoms with E-state index in [9.17, 15) is 14.7 Å². The Labute approximate surface area is 213 Å². The molecule has 0 saturated heterocycles. The molecule has 36 heavy (non-hydrogen) atoms. The summed E-state index contributed by atoms with van der Waals surface area (Å²) in [5.74, 6) is 4.62. The summed E-state index contributed by atoms with van der Waals surface area (Å²) >= 11 is 0. The monoisotopic (exact) mass is 489 g/mol. The minimum atomic E-state index is -0.987. The van der Waals surface area contributed by atoms with Gasteiger partial charge in [0, 0.05) is 17.3 Å². The van der Waals surface area contributed by atoms with Crippen LogP contribution in [0.25, 0.3) is 0 Å². The summed E-state index contributed by atoms with van der Waals surface area (Å²) in [5.41, 5.74) is 2.84. The number of hydrogen-bond donors (Lipinski definition) is 3. The maximum atomic E-state index is 13.5. The zero-order chi connectivity index (χ0) is 24.8. The number of aromatic amines is 1. The highest BCUT2D eigenvalue weighted by molar-refractivity contribution is 6.04.